The molecule has 4 rings (SSSR count). The van der Waals surface area contributed by atoms with Crippen molar-refractivity contribution in [3.63, 3.8) is 0 Å². The largest absolute Gasteiger partial charge is 0.482 e. The molecule has 7 heteroatoms. The number of likely N-dealkylation sites (tertiary alicyclic amines) is 1. The van der Waals surface area contributed by atoms with Crippen molar-refractivity contribution in [3.05, 3.63) is 59.2 Å². The van der Waals surface area contributed by atoms with Gasteiger partial charge in [0.1, 0.15) is 5.75 Å². The summed E-state index contributed by atoms with van der Waals surface area (Å²) in [6.07, 6.45) is 1.19. The van der Waals surface area contributed by atoms with Crippen molar-refractivity contribution in [1.29, 1.82) is 0 Å². The van der Waals surface area contributed by atoms with Gasteiger partial charge in [0.25, 0.3) is 11.8 Å². The Morgan fingerprint density at radius 2 is 1.90 bits per heavy atom. The van der Waals surface area contributed by atoms with Crippen LogP contribution >= 0.6 is 0 Å². The second-order valence-electron chi connectivity index (χ2n) is 7.91. The number of hydrogen-bond acceptors (Lipinski definition) is 4. The number of nitrogens with zero attached hydrogens (tertiary/aromatic N) is 2. The molecular formula is C23H25N3O4. The van der Waals surface area contributed by atoms with E-state index in [1.54, 1.807) is 15.9 Å². The van der Waals surface area contributed by atoms with Crippen molar-refractivity contribution in [2.45, 2.75) is 26.3 Å². The lowest BCUT2D eigenvalue weighted by Gasteiger charge is -2.31. The Labute approximate surface area is 175 Å². The fraction of sp³-hybridized carbons (Fsp3) is 0.348. The molecule has 3 amide bonds. The molecule has 156 valence electrons. The van der Waals surface area contributed by atoms with Crippen molar-refractivity contribution in [3.8, 4) is 5.75 Å². The second kappa shape index (κ2) is 8.18. The molecule has 2 heterocycles. The molecule has 2 aromatic carbocycles. The van der Waals surface area contributed by atoms with Gasteiger partial charge in [-0.25, -0.2) is 0 Å². The number of piperidine rings is 1. The number of nitrogens with two attached hydrogens (primary N) is 1. The minimum atomic E-state index is -0.297. The third-order valence-electron chi connectivity index (χ3n) is 5.76. The Kier molecular flexibility index (Phi) is 5.44. The summed E-state index contributed by atoms with van der Waals surface area (Å²) in [5, 5.41) is 0. The Morgan fingerprint density at radius 3 is 2.63 bits per heavy atom. The summed E-state index contributed by atoms with van der Waals surface area (Å²) in [5.41, 5.74) is 8.63. The quantitative estimate of drug-likeness (QED) is 0.841. The summed E-state index contributed by atoms with van der Waals surface area (Å²) in [7, 11) is 0. The Hall–Kier alpha value is -3.35. The van der Waals surface area contributed by atoms with E-state index in [4.69, 9.17) is 10.5 Å². The highest BCUT2D eigenvalue weighted by Gasteiger charge is 2.28. The number of primary amides is 1. The molecule has 0 atom stereocenters. The van der Waals surface area contributed by atoms with Gasteiger partial charge in [0.2, 0.25) is 5.91 Å². The van der Waals surface area contributed by atoms with Crippen molar-refractivity contribution in [2.24, 2.45) is 11.7 Å². The topological polar surface area (TPSA) is 92.9 Å². The second-order valence-corrected chi connectivity index (χ2v) is 7.91. The predicted molar refractivity (Wildman–Crippen MR) is 112 cm³/mol. The summed E-state index contributed by atoms with van der Waals surface area (Å²) >= 11 is 0. The fourth-order valence-corrected chi connectivity index (χ4v) is 4.02. The van der Waals surface area contributed by atoms with Crippen molar-refractivity contribution in [1.82, 2.24) is 4.90 Å². The lowest BCUT2D eigenvalue weighted by Crippen LogP contribution is -2.41. The van der Waals surface area contributed by atoms with E-state index in [9.17, 15) is 14.4 Å². The Morgan fingerprint density at radius 1 is 1.13 bits per heavy atom. The first-order valence-electron chi connectivity index (χ1n) is 10.1. The van der Waals surface area contributed by atoms with E-state index in [2.05, 4.69) is 0 Å². The van der Waals surface area contributed by atoms with Crippen LogP contribution in [0.4, 0.5) is 5.69 Å². The molecule has 1 saturated heterocycles. The van der Waals surface area contributed by atoms with Gasteiger partial charge < -0.3 is 20.3 Å². The van der Waals surface area contributed by atoms with Gasteiger partial charge in [0.05, 0.1) is 12.2 Å². The van der Waals surface area contributed by atoms with Gasteiger partial charge in [-0.05, 0) is 55.2 Å². The minimum absolute atomic E-state index is 0.00385. The average Bonchev–Trinajstić information content (AvgIpc) is 2.75. The summed E-state index contributed by atoms with van der Waals surface area (Å²) in [4.78, 5) is 40.2. The highest BCUT2D eigenvalue weighted by Crippen LogP contribution is 2.34. The van der Waals surface area contributed by atoms with Crippen LogP contribution in [-0.2, 0) is 16.1 Å². The van der Waals surface area contributed by atoms with E-state index in [1.807, 2.05) is 43.3 Å². The number of rotatable bonds is 4. The molecule has 2 aromatic rings. The molecule has 0 bridgehead atoms. The molecule has 7 nitrogen and oxygen atoms in total. The third kappa shape index (κ3) is 4.01. The zero-order valence-electron chi connectivity index (χ0n) is 17.0. The van der Waals surface area contributed by atoms with Crippen LogP contribution in [0, 0.1) is 12.8 Å². The number of amides is 3. The van der Waals surface area contributed by atoms with Gasteiger partial charge in [-0.2, -0.15) is 0 Å². The lowest BCUT2D eigenvalue weighted by molar-refractivity contribution is -0.123. The van der Waals surface area contributed by atoms with E-state index in [-0.39, 0.29) is 30.2 Å². The SMILES string of the molecule is Cc1ccc2c(c1)OCC(=O)N2Cc1cccc(C(=O)N2CCC(C(N)=O)CC2)c1. The molecule has 0 unspecified atom stereocenters. The van der Waals surface area contributed by atoms with Gasteiger partial charge in [-0.15, -0.1) is 0 Å². The van der Waals surface area contributed by atoms with Gasteiger partial charge >= 0.3 is 0 Å². The molecule has 0 spiro atoms. The smallest absolute Gasteiger partial charge is 0.265 e. The Balaban J connectivity index is 1.50. The monoisotopic (exact) mass is 407 g/mol. The maximum Gasteiger partial charge on any atom is 0.265 e. The lowest BCUT2D eigenvalue weighted by atomic mass is 9.95. The predicted octanol–water partition coefficient (Wildman–Crippen LogP) is 2.26. The van der Waals surface area contributed by atoms with Crippen molar-refractivity contribution in [2.75, 3.05) is 24.6 Å². The van der Waals surface area contributed by atoms with Gasteiger partial charge in [-0.3, -0.25) is 14.4 Å². The van der Waals surface area contributed by atoms with E-state index >= 15 is 0 Å². The van der Waals surface area contributed by atoms with E-state index in [0.29, 0.717) is 43.8 Å². The summed E-state index contributed by atoms with van der Waals surface area (Å²) in [6.45, 7) is 3.38. The van der Waals surface area contributed by atoms with Crippen LogP contribution in [-0.4, -0.2) is 42.3 Å². The zero-order valence-corrected chi connectivity index (χ0v) is 17.0. The molecule has 2 aliphatic heterocycles. The number of benzene rings is 2. The number of carbonyl (C=O) groups excluding carboxylic acids is 3. The molecule has 30 heavy (non-hydrogen) atoms. The molecule has 2 N–H and O–H groups in total. The molecule has 1 fully saturated rings. The molecular weight excluding hydrogens is 382 g/mol. The summed E-state index contributed by atoms with van der Waals surface area (Å²) in [6, 6.07) is 13.1. The van der Waals surface area contributed by atoms with Gasteiger partial charge in [0, 0.05) is 24.6 Å². The number of fused-ring (bicyclic) bond motifs is 1. The molecule has 0 aliphatic carbocycles. The first-order chi connectivity index (χ1) is 14.4. The molecule has 0 aromatic heterocycles. The van der Waals surface area contributed by atoms with E-state index in [0.717, 1.165) is 16.8 Å². The van der Waals surface area contributed by atoms with Crippen LogP contribution in [0.25, 0.3) is 0 Å². The Bertz CT molecular complexity index is 996. The van der Waals surface area contributed by atoms with Crippen LogP contribution in [0.5, 0.6) is 5.75 Å². The number of ether oxygens (including phenoxy) is 1. The highest BCUT2D eigenvalue weighted by atomic mass is 16.5. The normalized spacial score (nSPS) is 16.8. The molecule has 2 aliphatic rings. The number of hydrogen-bond donors (Lipinski definition) is 1. The van der Waals surface area contributed by atoms with Crippen LogP contribution < -0.4 is 15.4 Å². The third-order valence-corrected chi connectivity index (χ3v) is 5.76. The van der Waals surface area contributed by atoms with Gasteiger partial charge in [0.15, 0.2) is 6.61 Å². The zero-order chi connectivity index (χ0) is 21.3. The first-order valence-corrected chi connectivity index (χ1v) is 10.1. The van der Waals surface area contributed by atoms with Crippen LogP contribution in [0.2, 0.25) is 0 Å². The van der Waals surface area contributed by atoms with Crippen molar-refractivity contribution < 1.29 is 19.1 Å². The van der Waals surface area contributed by atoms with Crippen LogP contribution in [0.1, 0.15) is 34.3 Å². The maximum absolute atomic E-state index is 12.9. The van der Waals surface area contributed by atoms with Crippen LogP contribution in [0.3, 0.4) is 0 Å². The van der Waals surface area contributed by atoms with Crippen LogP contribution in [0.15, 0.2) is 42.5 Å². The summed E-state index contributed by atoms with van der Waals surface area (Å²) in [5.74, 6) is 0.0611. The first kappa shape index (κ1) is 19.9. The number of anilines is 1. The number of aryl methyl sites for hydroxylation is 1. The van der Waals surface area contributed by atoms with E-state index in [1.165, 1.54) is 0 Å². The highest BCUT2D eigenvalue weighted by molar-refractivity contribution is 5.98. The molecule has 0 radical (unpaired) electrons. The average molecular weight is 407 g/mol. The van der Waals surface area contributed by atoms with Gasteiger partial charge in [-0.1, -0.05) is 18.2 Å². The fourth-order valence-electron chi connectivity index (χ4n) is 4.02. The summed E-state index contributed by atoms with van der Waals surface area (Å²) < 4.78 is 5.57. The standard InChI is InChI=1S/C23H25N3O4/c1-15-5-6-19-20(11-15)30-14-21(27)26(19)13-16-3-2-4-18(12-16)23(29)25-9-7-17(8-10-25)22(24)28/h2-6,11-12,17H,7-10,13-14H2,1H3,(H2,24,28). The maximum atomic E-state index is 12.9. The number of carbonyl (C=O) groups is 3. The van der Waals surface area contributed by atoms with Crippen molar-refractivity contribution >= 4 is 23.4 Å². The minimum Gasteiger partial charge on any atom is -0.482 e. The van der Waals surface area contributed by atoms with E-state index < -0.39 is 0 Å². The molecule has 0 saturated carbocycles.